The Balaban J connectivity index is 2.88. The highest BCUT2D eigenvalue weighted by molar-refractivity contribution is 5.83. The molecule has 0 heterocycles. The van der Waals surface area contributed by atoms with E-state index in [0.29, 0.717) is 0 Å². The molecule has 0 aromatic heterocycles. The number of hydrogen-bond acceptors (Lipinski definition) is 3. The Hall–Kier alpha value is -1.35. The molecule has 1 N–H and O–H groups in total. The van der Waals surface area contributed by atoms with E-state index in [1.54, 1.807) is 19.3 Å². The highest BCUT2D eigenvalue weighted by Crippen LogP contribution is 2.17. The molecule has 0 spiro atoms. The van der Waals surface area contributed by atoms with Gasteiger partial charge in [0.05, 0.1) is 0 Å². The van der Waals surface area contributed by atoms with E-state index < -0.39 is 0 Å². The van der Waals surface area contributed by atoms with Crippen molar-refractivity contribution in [2.24, 2.45) is 4.99 Å². The van der Waals surface area contributed by atoms with Crippen LogP contribution in [0.5, 0.6) is 5.75 Å². The summed E-state index contributed by atoms with van der Waals surface area (Å²) in [6, 6.07) is 5.65. The lowest BCUT2D eigenvalue weighted by molar-refractivity contribution is 0.400. The Morgan fingerprint density at radius 1 is 1.43 bits per heavy atom. The Bertz CT molecular complexity index is 332. The van der Waals surface area contributed by atoms with Crippen LogP contribution in [0.3, 0.4) is 0 Å². The van der Waals surface area contributed by atoms with Gasteiger partial charge in [0.25, 0.3) is 0 Å². The molecule has 0 unspecified atom stereocenters. The van der Waals surface area contributed by atoms with Gasteiger partial charge in [-0.3, -0.25) is 4.99 Å². The number of hydrogen-bond donors (Lipinski definition) is 1. The highest BCUT2D eigenvalue weighted by Gasteiger charge is 2.00. The number of nitrogens with zero attached hydrogens (tertiary/aromatic N) is 2. The fourth-order valence-electron chi connectivity index (χ4n) is 1.30. The molecule has 0 aliphatic rings. The minimum atomic E-state index is 0.287. The van der Waals surface area contributed by atoms with Gasteiger partial charge in [0.1, 0.15) is 5.75 Å². The van der Waals surface area contributed by atoms with Gasteiger partial charge in [-0.05, 0) is 31.8 Å². The van der Waals surface area contributed by atoms with Gasteiger partial charge < -0.3 is 10.0 Å². The first kappa shape index (κ1) is 10.7. The van der Waals surface area contributed by atoms with Crippen molar-refractivity contribution in [3.8, 4) is 5.75 Å². The van der Waals surface area contributed by atoms with E-state index in [9.17, 15) is 5.11 Å². The van der Waals surface area contributed by atoms with Gasteiger partial charge in [-0.15, -0.1) is 0 Å². The second kappa shape index (κ2) is 4.77. The monoisotopic (exact) mass is 192 g/mol. The summed E-state index contributed by atoms with van der Waals surface area (Å²) in [6.07, 6.45) is 1.65. The van der Waals surface area contributed by atoms with Gasteiger partial charge in [0.15, 0.2) is 0 Å². The first-order valence-electron chi connectivity index (χ1n) is 4.52. The fourth-order valence-corrected chi connectivity index (χ4v) is 1.30. The predicted octanol–water partition coefficient (Wildman–Crippen LogP) is 1.50. The lowest BCUT2D eigenvalue weighted by Gasteiger charge is -2.10. The van der Waals surface area contributed by atoms with Crippen LogP contribution < -0.4 is 0 Å². The molecule has 0 radical (unpaired) electrons. The van der Waals surface area contributed by atoms with Crippen molar-refractivity contribution in [3.63, 3.8) is 0 Å². The minimum absolute atomic E-state index is 0.287. The summed E-state index contributed by atoms with van der Waals surface area (Å²) in [5.74, 6) is 0.287. The zero-order valence-corrected chi connectivity index (χ0v) is 8.86. The third kappa shape index (κ3) is 2.85. The molecule has 14 heavy (non-hydrogen) atoms. The van der Waals surface area contributed by atoms with Gasteiger partial charge in [-0.1, -0.05) is 6.07 Å². The Morgan fingerprint density at radius 2 is 2.14 bits per heavy atom. The summed E-state index contributed by atoms with van der Waals surface area (Å²) in [5, 5.41) is 9.63. The SMILES string of the molecule is CN=Cc1ccc(CN(C)C)cc1O. The van der Waals surface area contributed by atoms with E-state index in [0.717, 1.165) is 17.7 Å². The summed E-state index contributed by atoms with van der Waals surface area (Å²) >= 11 is 0. The van der Waals surface area contributed by atoms with Crippen LogP contribution in [0.25, 0.3) is 0 Å². The summed E-state index contributed by atoms with van der Waals surface area (Å²) in [4.78, 5) is 5.92. The molecule has 0 aliphatic heterocycles. The zero-order valence-electron chi connectivity index (χ0n) is 8.86. The largest absolute Gasteiger partial charge is 0.507 e. The van der Waals surface area contributed by atoms with Crippen LogP contribution in [0, 0.1) is 0 Å². The van der Waals surface area contributed by atoms with Crippen LogP contribution in [0.4, 0.5) is 0 Å². The Labute approximate surface area is 84.7 Å². The summed E-state index contributed by atoms with van der Waals surface area (Å²) in [6.45, 7) is 0.830. The van der Waals surface area contributed by atoms with Crippen LogP contribution in [-0.4, -0.2) is 37.4 Å². The molecular weight excluding hydrogens is 176 g/mol. The van der Waals surface area contributed by atoms with Crippen molar-refractivity contribution < 1.29 is 5.11 Å². The molecular formula is C11H16N2O. The van der Waals surface area contributed by atoms with Crippen molar-refractivity contribution >= 4 is 6.21 Å². The Kier molecular flexibility index (Phi) is 3.65. The molecule has 1 rings (SSSR count). The predicted molar refractivity (Wildman–Crippen MR) is 59.0 cm³/mol. The second-order valence-corrected chi connectivity index (χ2v) is 3.52. The van der Waals surface area contributed by atoms with Crippen LogP contribution in [0.2, 0.25) is 0 Å². The fraction of sp³-hybridized carbons (Fsp3) is 0.364. The topological polar surface area (TPSA) is 35.8 Å². The van der Waals surface area contributed by atoms with Crippen LogP contribution >= 0.6 is 0 Å². The van der Waals surface area contributed by atoms with Gasteiger partial charge in [-0.2, -0.15) is 0 Å². The van der Waals surface area contributed by atoms with Gasteiger partial charge >= 0.3 is 0 Å². The van der Waals surface area contributed by atoms with Crippen LogP contribution in [-0.2, 0) is 6.54 Å². The normalized spacial score (nSPS) is 11.4. The number of phenolic OH excluding ortho intramolecular Hbond substituents is 1. The van der Waals surface area contributed by atoms with Crippen LogP contribution in [0.1, 0.15) is 11.1 Å². The molecule has 3 heteroatoms. The third-order valence-electron chi connectivity index (χ3n) is 1.86. The van der Waals surface area contributed by atoms with E-state index in [1.165, 1.54) is 0 Å². The van der Waals surface area contributed by atoms with Crippen molar-refractivity contribution in [1.29, 1.82) is 0 Å². The van der Waals surface area contributed by atoms with E-state index in [1.807, 2.05) is 26.2 Å². The minimum Gasteiger partial charge on any atom is -0.507 e. The number of aliphatic imine (C=N–C) groups is 1. The molecule has 1 aromatic rings. The van der Waals surface area contributed by atoms with Crippen molar-refractivity contribution in [2.45, 2.75) is 6.54 Å². The molecule has 1 aromatic carbocycles. The number of aromatic hydroxyl groups is 1. The van der Waals surface area contributed by atoms with Crippen molar-refractivity contribution in [2.75, 3.05) is 21.1 Å². The van der Waals surface area contributed by atoms with Crippen molar-refractivity contribution in [3.05, 3.63) is 29.3 Å². The molecule has 0 saturated heterocycles. The Morgan fingerprint density at radius 3 is 2.64 bits per heavy atom. The average molecular weight is 192 g/mol. The molecule has 76 valence electrons. The maximum atomic E-state index is 9.63. The molecule has 0 saturated carbocycles. The number of rotatable bonds is 3. The average Bonchev–Trinajstić information content (AvgIpc) is 2.09. The van der Waals surface area contributed by atoms with Crippen molar-refractivity contribution in [1.82, 2.24) is 4.90 Å². The van der Waals surface area contributed by atoms with Gasteiger partial charge in [0, 0.05) is 25.4 Å². The molecule has 0 amide bonds. The maximum Gasteiger partial charge on any atom is 0.124 e. The quantitative estimate of drug-likeness (QED) is 0.737. The van der Waals surface area contributed by atoms with E-state index in [4.69, 9.17) is 0 Å². The van der Waals surface area contributed by atoms with Gasteiger partial charge in [0.2, 0.25) is 0 Å². The molecule has 3 nitrogen and oxygen atoms in total. The second-order valence-electron chi connectivity index (χ2n) is 3.52. The van der Waals surface area contributed by atoms with E-state index in [2.05, 4.69) is 9.89 Å². The summed E-state index contributed by atoms with van der Waals surface area (Å²) in [5.41, 5.74) is 1.86. The maximum absolute atomic E-state index is 9.63. The molecule has 0 fully saturated rings. The first-order chi connectivity index (χ1) is 6.63. The lowest BCUT2D eigenvalue weighted by atomic mass is 10.1. The van der Waals surface area contributed by atoms with E-state index in [-0.39, 0.29) is 5.75 Å². The number of benzene rings is 1. The summed E-state index contributed by atoms with van der Waals surface area (Å²) < 4.78 is 0. The van der Waals surface area contributed by atoms with Gasteiger partial charge in [-0.25, -0.2) is 0 Å². The third-order valence-corrected chi connectivity index (χ3v) is 1.86. The number of phenols is 1. The highest BCUT2D eigenvalue weighted by atomic mass is 16.3. The molecule has 0 bridgehead atoms. The molecule has 0 atom stereocenters. The summed E-state index contributed by atoms with van der Waals surface area (Å²) in [7, 11) is 5.68. The van der Waals surface area contributed by atoms with E-state index >= 15 is 0 Å². The standard InChI is InChI=1S/C11H16N2O/c1-12-7-10-5-4-9(6-11(10)14)8-13(2)3/h4-7,14H,8H2,1-3H3. The smallest absolute Gasteiger partial charge is 0.124 e. The molecule has 0 aliphatic carbocycles. The van der Waals surface area contributed by atoms with Crippen LogP contribution in [0.15, 0.2) is 23.2 Å². The first-order valence-corrected chi connectivity index (χ1v) is 4.52. The lowest BCUT2D eigenvalue weighted by Crippen LogP contribution is -2.10. The zero-order chi connectivity index (χ0) is 10.6.